The highest BCUT2D eigenvalue weighted by atomic mass is 35.5. The van der Waals surface area contributed by atoms with Gasteiger partial charge in [0.25, 0.3) is 0 Å². The zero-order chi connectivity index (χ0) is 14.0. The van der Waals surface area contributed by atoms with E-state index in [1.165, 1.54) is 6.07 Å². The van der Waals surface area contributed by atoms with Gasteiger partial charge in [-0.25, -0.2) is 4.39 Å². The molecule has 0 bridgehead atoms. The minimum Gasteiger partial charge on any atom is -0.324 e. The summed E-state index contributed by atoms with van der Waals surface area (Å²) in [6.07, 6.45) is 0.356. The molecule has 2 aromatic rings. The number of hydrogen-bond donors (Lipinski definition) is 1. The van der Waals surface area contributed by atoms with Crippen molar-refractivity contribution in [3.8, 4) is 0 Å². The topological polar surface area (TPSA) is 26.0 Å². The van der Waals surface area contributed by atoms with E-state index in [0.29, 0.717) is 17.0 Å². The average molecular weight is 298 g/mol. The van der Waals surface area contributed by atoms with Crippen LogP contribution in [0.2, 0.25) is 10.0 Å². The van der Waals surface area contributed by atoms with E-state index in [2.05, 4.69) is 0 Å². The summed E-state index contributed by atoms with van der Waals surface area (Å²) in [5.41, 5.74) is 8.48. The Morgan fingerprint density at radius 3 is 2.58 bits per heavy atom. The molecule has 1 nitrogen and oxygen atoms in total. The van der Waals surface area contributed by atoms with Gasteiger partial charge in [-0.15, -0.1) is 0 Å². The van der Waals surface area contributed by atoms with Crippen LogP contribution in [0.5, 0.6) is 0 Å². The highest BCUT2D eigenvalue weighted by molar-refractivity contribution is 6.31. The molecule has 0 saturated heterocycles. The summed E-state index contributed by atoms with van der Waals surface area (Å²) in [5.74, 6) is -0.414. The summed E-state index contributed by atoms with van der Waals surface area (Å²) in [4.78, 5) is 0. The Labute approximate surface area is 122 Å². The van der Waals surface area contributed by atoms with Gasteiger partial charge >= 0.3 is 0 Å². The van der Waals surface area contributed by atoms with Crippen molar-refractivity contribution < 1.29 is 4.39 Å². The first kappa shape index (κ1) is 14.3. The number of halogens is 3. The molecular formula is C15H14Cl2FN. The van der Waals surface area contributed by atoms with Crippen LogP contribution < -0.4 is 5.73 Å². The minimum atomic E-state index is -0.414. The molecule has 1 unspecified atom stereocenters. The molecule has 0 aliphatic carbocycles. The number of benzene rings is 2. The minimum absolute atomic E-state index is 0.111. The second kappa shape index (κ2) is 5.91. The molecule has 1 atom stereocenters. The maximum absolute atomic E-state index is 13.8. The molecule has 100 valence electrons. The summed E-state index contributed by atoms with van der Waals surface area (Å²) >= 11 is 11.9. The smallest absolute Gasteiger partial charge is 0.145 e. The first-order valence-electron chi connectivity index (χ1n) is 5.93. The third-order valence-corrected chi connectivity index (χ3v) is 3.65. The number of rotatable bonds is 3. The summed E-state index contributed by atoms with van der Waals surface area (Å²) in [5, 5.41) is 0.717. The van der Waals surface area contributed by atoms with Crippen molar-refractivity contribution in [2.45, 2.75) is 19.4 Å². The summed E-state index contributed by atoms with van der Waals surface area (Å²) in [7, 11) is 0. The van der Waals surface area contributed by atoms with E-state index in [1.54, 1.807) is 12.1 Å². The maximum Gasteiger partial charge on any atom is 0.145 e. The lowest BCUT2D eigenvalue weighted by Gasteiger charge is -2.15. The Kier molecular flexibility index (Phi) is 4.46. The van der Waals surface area contributed by atoms with E-state index in [1.807, 2.05) is 25.1 Å². The molecule has 0 aromatic heterocycles. The van der Waals surface area contributed by atoms with E-state index in [0.717, 1.165) is 11.1 Å². The molecule has 0 fully saturated rings. The second-order valence-electron chi connectivity index (χ2n) is 4.55. The molecular weight excluding hydrogens is 284 g/mol. The highest BCUT2D eigenvalue weighted by Gasteiger charge is 2.14. The average Bonchev–Trinajstić information content (AvgIpc) is 2.34. The molecule has 19 heavy (non-hydrogen) atoms. The molecule has 2 rings (SSSR count). The van der Waals surface area contributed by atoms with Crippen molar-refractivity contribution in [3.63, 3.8) is 0 Å². The standard InChI is InChI=1S/C15H14Cl2FN/c1-9-5-6-11(13(17)7-9)14(19)8-10-3-2-4-12(16)15(10)18/h2-7,14H,8,19H2,1H3. The number of hydrogen-bond acceptors (Lipinski definition) is 1. The fourth-order valence-corrected chi connectivity index (χ4v) is 2.56. The summed E-state index contributed by atoms with van der Waals surface area (Å²) in [6.45, 7) is 1.96. The lowest BCUT2D eigenvalue weighted by atomic mass is 9.98. The molecule has 4 heteroatoms. The number of nitrogens with two attached hydrogens (primary N) is 1. The van der Waals surface area contributed by atoms with E-state index in [-0.39, 0.29) is 11.1 Å². The summed E-state index contributed by atoms with van der Waals surface area (Å²) in [6, 6.07) is 10.2. The Morgan fingerprint density at radius 1 is 1.16 bits per heavy atom. The molecule has 0 heterocycles. The van der Waals surface area contributed by atoms with Crippen LogP contribution in [0.4, 0.5) is 4.39 Å². The summed E-state index contributed by atoms with van der Waals surface area (Å²) < 4.78 is 13.8. The lowest BCUT2D eigenvalue weighted by Crippen LogP contribution is -2.14. The first-order chi connectivity index (χ1) is 8.99. The van der Waals surface area contributed by atoms with Gasteiger partial charge in [-0.05, 0) is 42.2 Å². The molecule has 0 radical (unpaired) electrons. The highest BCUT2D eigenvalue weighted by Crippen LogP contribution is 2.27. The van der Waals surface area contributed by atoms with Gasteiger partial charge < -0.3 is 5.73 Å². The van der Waals surface area contributed by atoms with Crippen molar-refractivity contribution >= 4 is 23.2 Å². The Morgan fingerprint density at radius 2 is 1.89 bits per heavy atom. The predicted octanol–water partition coefficient (Wildman–Crippen LogP) is 4.68. The van der Waals surface area contributed by atoms with Crippen molar-refractivity contribution in [2.75, 3.05) is 0 Å². The molecule has 2 N–H and O–H groups in total. The van der Waals surface area contributed by atoms with Gasteiger partial charge in [-0.2, -0.15) is 0 Å². The van der Waals surface area contributed by atoms with Crippen molar-refractivity contribution in [1.29, 1.82) is 0 Å². The SMILES string of the molecule is Cc1ccc(C(N)Cc2cccc(Cl)c2F)c(Cl)c1. The zero-order valence-corrected chi connectivity index (χ0v) is 12.0. The fourth-order valence-electron chi connectivity index (χ4n) is 1.99. The first-order valence-corrected chi connectivity index (χ1v) is 6.69. The van der Waals surface area contributed by atoms with E-state index < -0.39 is 5.82 Å². The van der Waals surface area contributed by atoms with Crippen LogP contribution in [-0.4, -0.2) is 0 Å². The largest absolute Gasteiger partial charge is 0.324 e. The van der Waals surface area contributed by atoms with Crippen LogP contribution in [0.15, 0.2) is 36.4 Å². The van der Waals surface area contributed by atoms with E-state index >= 15 is 0 Å². The van der Waals surface area contributed by atoms with E-state index in [4.69, 9.17) is 28.9 Å². The normalized spacial score (nSPS) is 12.5. The van der Waals surface area contributed by atoms with Crippen LogP contribution in [0.3, 0.4) is 0 Å². The van der Waals surface area contributed by atoms with Crippen LogP contribution in [0.25, 0.3) is 0 Å². The third kappa shape index (κ3) is 3.27. The van der Waals surface area contributed by atoms with Crippen molar-refractivity contribution in [2.24, 2.45) is 5.73 Å². The Hall–Kier alpha value is -1.09. The van der Waals surface area contributed by atoms with Gasteiger partial charge in [-0.3, -0.25) is 0 Å². The molecule has 2 aromatic carbocycles. The van der Waals surface area contributed by atoms with Crippen LogP contribution in [-0.2, 0) is 6.42 Å². The van der Waals surface area contributed by atoms with Gasteiger partial charge in [0.1, 0.15) is 5.82 Å². The van der Waals surface area contributed by atoms with Crippen LogP contribution in [0, 0.1) is 12.7 Å². The van der Waals surface area contributed by atoms with Gasteiger partial charge in [0.2, 0.25) is 0 Å². The number of aryl methyl sites for hydroxylation is 1. The van der Waals surface area contributed by atoms with Crippen molar-refractivity contribution in [3.05, 3.63) is 69.0 Å². The predicted molar refractivity (Wildman–Crippen MR) is 78.2 cm³/mol. The quantitative estimate of drug-likeness (QED) is 0.874. The fraction of sp³-hybridized carbons (Fsp3) is 0.200. The van der Waals surface area contributed by atoms with Crippen molar-refractivity contribution in [1.82, 2.24) is 0 Å². The van der Waals surface area contributed by atoms with E-state index in [9.17, 15) is 4.39 Å². The second-order valence-corrected chi connectivity index (χ2v) is 5.36. The monoisotopic (exact) mass is 297 g/mol. The molecule has 0 aliphatic heterocycles. The zero-order valence-electron chi connectivity index (χ0n) is 10.5. The maximum atomic E-state index is 13.8. The van der Waals surface area contributed by atoms with Gasteiger partial charge in [0.05, 0.1) is 5.02 Å². The van der Waals surface area contributed by atoms with Crippen LogP contribution >= 0.6 is 23.2 Å². The molecule has 0 saturated carbocycles. The molecule has 0 amide bonds. The van der Waals surface area contributed by atoms with Gasteiger partial charge in [0.15, 0.2) is 0 Å². The van der Waals surface area contributed by atoms with Crippen LogP contribution in [0.1, 0.15) is 22.7 Å². The molecule has 0 aliphatic rings. The molecule has 0 spiro atoms. The lowest BCUT2D eigenvalue weighted by molar-refractivity contribution is 0.594. The Bertz CT molecular complexity index is 599. The third-order valence-electron chi connectivity index (χ3n) is 3.03. The van der Waals surface area contributed by atoms with Gasteiger partial charge in [0, 0.05) is 11.1 Å². The van der Waals surface area contributed by atoms with Gasteiger partial charge in [-0.1, -0.05) is 47.5 Å². The Balaban J connectivity index is 2.25.